The molecule has 0 radical (unpaired) electrons. The van der Waals surface area contributed by atoms with Crippen molar-refractivity contribution in [1.29, 1.82) is 0 Å². The molecule has 2 nitrogen and oxygen atoms in total. The smallest absolute Gasteiger partial charge is 0.0907 e. The molecule has 19 heavy (non-hydrogen) atoms. The van der Waals surface area contributed by atoms with Crippen LogP contribution in [-0.4, -0.2) is 11.5 Å². The third-order valence-corrected chi connectivity index (χ3v) is 5.41. The van der Waals surface area contributed by atoms with Crippen LogP contribution in [0.2, 0.25) is 0 Å². The zero-order valence-electron chi connectivity index (χ0n) is 11.1. The van der Waals surface area contributed by atoms with Gasteiger partial charge in [-0.2, -0.15) is 0 Å². The van der Waals surface area contributed by atoms with E-state index in [0.717, 1.165) is 34.8 Å². The third-order valence-electron chi connectivity index (χ3n) is 4.48. The second-order valence-corrected chi connectivity index (χ2v) is 7.07. The summed E-state index contributed by atoms with van der Waals surface area (Å²) in [5.74, 6) is 2.52. The minimum absolute atomic E-state index is 0.826. The Morgan fingerprint density at radius 2 is 2.26 bits per heavy atom. The summed E-state index contributed by atoms with van der Waals surface area (Å²) in [7, 11) is 0. The van der Waals surface area contributed by atoms with Crippen LogP contribution in [0.1, 0.15) is 17.8 Å². The van der Waals surface area contributed by atoms with Crippen LogP contribution in [0.25, 0.3) is 10.2 Å². The Morgan fingerprint density at radius 1 is 1.32 bits per heavy atom. The predicted molar refractivity (Wildman–Crippen MR) is 81.7 cm³/mol. The number of hydrogen-bond acceptors (Lipinski definition) is 3. The number of aryl methyl sites for hydroxylation is 1. The number of thiazole rings is 1. The van der Waals surface area contributed by atoms with Gasteiger partial charge in [0.05, 0.1) is 15.2 Å². The van der Waals surface area contributed by atoms with Crippen LogP contribution in [0, 0.1) is 24.7 Å². The molecule has 1 N–H and O–H groups in total. The molecule has 98 valence electrons. The second kappa shape index (κ2) is 4.34. The zero-order chi connectivity index (χ0) is 12.8. The fourth-order valence-corrected chi connectivity index (χ4v) is 4.39. The maximum Gasteiger partial charge on any atom is 0.0907 e. The molecule has 2 aliphatic carbocycles. The summed E-state index contributed by atoms with van der Waals surface area (Å²) >= 11 is 1.77. The Labute approximate surface area is 117 Å². The third kappa shape index (κ3) is 2.06. The molecule has 3 heteroatoms. The lowest BCUT2D eigenvalue weighted by molar-refractivity contribution is 0.472. The number of nitrogens with one attached hydrogen (secondary N) is 1. The zero-order valence-corrected chi connectivity index (χ0v) is 11.9. The van der Waals surface area contributed by atoms with Gasteiger partial charge in [-0.05, 0) is 55.7 Å². The van der Waals surface area contributed by atoms with Crippen molar-refractivity contribution in [3.05, 3.63) is 35.4 Å². The number of rotatable bonds is 3. The van der Waals surface area contributed by atoms with Gasteiger partial charge in [-0.1, -0.05) is 12.2 Å². The molecule has 0 spiro atoms. The Bertz CT molecular complexity index is 643. The summed E-state index contributed by atoms with van der Waals surface area (Å²) in [6, 6.07) is 6.52. The lowest BCUT2D eigenvalue weighted by Gasteiger charge is -2.19. The highest BCUT2D eigenvalue weighted by molar-refractivity contribution is 7.18. The number of fused-ring (bicyclic) bond motifs is 3. The number of benzene rings is 1. The van der Waals surface area contributed by atoms with Crippen molar-refractivity contribution in [2.45, 2.75) is 19.8 Å². The van der Waals surface area contributed by atoms with Gasteiger partial charge >= 0.3 is 0 Å². The van der Waals surface area contributed by atoms with Gasteiger partial charge in [0.1, 0.15) is 0 Å². The number of aromatic nitrogens is 1. The van der Waals surface area contributed by atoms with E-state index in [1.54, 1.807) is 11.3 Å². The minimum Gasteiger partial charge on any atom is -0.385 e. The Balaban J connectivity index is 1.47. The van der Waals surface area contributed by atoms with Crippen molar-refractivity contribution in [2.24, 2.45) is 17.8 Å². The van der Waals surface area contributed by atoms with Gasteiger partial charge in [0, 0.05) is 12.2 Å². The summed E-state index contributed by atoms with van der Waals surface area (Å²) in [6.45, 7) is 3.17. The van der Waals surface area contributed by atoms with Gasteiger partial charge in [0.15, 0.2) is 0 Å². The van der Waals surface area contributed by atoms with Crippen molar-refractivity contribution in [2.75, 3.05) is 11.9 Å². The maximum absolute atomic E-state index is 4.50. The molecule has 1 fully saturated rings. The largest absolute Gasteiger partial charge is 0.385 e. The minimum atomic E-state index is 0.826. The van der Waals surface area contributed by atoms with E-state index in [-0.39, 0.29) is 0 Å². The molecule has 3 unspecified atom stereocenters. The molecule has 2 bridgehead atoms. The molecule has 1 saturated carbocycles. The van der Waals surface area contributed by atoms with Crippen molar-refractivity contribution in [1.82, 2.24) is 4.98 Å². The average Bonchev–Trinajstić information content (AvgIpc) is 3.08. The number of hydrogen-bond donors (Lipinski definition) is 1. The lowest BCUT2D eigenvalue weighted by Crippen LogP contribution is -2.18. The highest BCUT2D eigenvalue weighted by Gasteiger charge is 2.35. The molecule has 1 aromatic heterocycles. The quantitative estimate of drug-likeness (QED) is 0.844. The lowest BCUT2D eigenvalue weighted by atomic mass is 9.93. The number of anilines is 1. The van der Waals surface area contributed by atoms with Crippen LogP contribution in [0.3, 0.4) is 0 Å². The standard InChI is InChI=1S/C16H18N2S/c1-10-18-15-5-4-14(8-16(15)19-10)17-9-13-7-11-2-3-12(13)6-11/h2-5,8,11-13,17H,6-7,9H2,1H3. The Morgan fingerprint density at radius 3 is 3.05 bits per heavy atom. The molecule has 3 atom stereocenters. The van der Waals surface area contributed by atoms with E-state index in [1.165, 1.54) is 23.2 Å². The van der Waals surface area contributed by atoms with E-state index in [9.17, 15) is 0 Å². The van der Waals surface area contributed by atoms with Gasteiger partial charge in [-0.15, -0.1) is 11.3 Å². The van der Waals surface area contributed by atoms with Gasteiger partial charge in [0.2, 0.25) is 0 Å². The van der Waals surface area contributed by atoms with Crippen LogP contribution < -0.4 is 5.32 Å². The second-order valence-electron chi connectivity index (χ2n) is 5.84. The van der Waals surface area contributed by atoms with E-state index in [4.69, 9.17) is 0 Å². The van der Waals surface area contributed by atoms with Crippen LogP contribution in [0.15, 0.2) is 30.4 Å². The highest BCUT2D eigenvalue weighted by atomic mass is 32.1. The monoisotopic (exact) mass is 270 g/mol. The van der Waals surface area contributed by atoms with E-state index < -0.39 is 0 Å². The van der Waals surface area contributed by atoms with E-state index in [1.807, 2.05) is 0 Å². The first-order valence-corrected chi connectivity index (χ1v) is 7.89. The summed E-state index contributed by atoms with van der Waals surface area (Å²) in [6.07, 6.45) is 7.60. The van der Waals surface area contributed by atoms with Gasteiger partial charge in [-0.3, -0.25) is 0 Å². The first-order chi connectivity index (χ1) is 9.28. The van der Waals surface area contributed by atoms with Gasteiger partial charge in [-0.25, -0.2) is 4.98 Å². The van der Waals surface area contributed by atoms with Crippen molar-refractivity contribution in [3.8, 4) is 0 Å². The fraction of sp³-hybridized carbons (Fsp3) is 0.438. The fourth-order valence-electron chi connectivity index (χ4n) is 3.53. The van der Waals surface area contributed by atoms with Crippen LogP contribution in [-0.2, 0) is 0 Å². The van der Waals surface area contributed by atoms with E-state index in [0.29, 0.717) is 0 Å². The van der Waals surface area contributed by atoms with Crippen molar-refractivity contribution in [3.63, 3.8) is 0 Å². The first kappa shape index (κ1) is 11.5. The summed E-state index contributed by atoms with van der Waals surface area (Å²) in [5.41, 5.74) is 2.36. The molecule has 0 amide bonds. The first-order valence-electron chi connectivity index (χ1n) is 7.07. The topological polar surface area (TPSA) is 24.9 Å². The Kier molecular flexibility index (Phi) is 2.62. The van der Waals surface area contributed by atoms with Crippen LogP contribution in [0.5, 0.6) is 0 Å². The molecule has 1 heterocycles. The molecule has 2 aromatic rings. The normalized spacial score (nSPS) is 28.4. The number of nitrogens with zero attached hydrogens (tertiary/aromatic N) is 1. The molecule has 0 saturated heterocycles. The van der Waals surface area contributed by atoms with Crippen LogP contribution in [0.4, 0.5) is 5.69 Å². The highest BCUT2D eigenvalue weighted by Crippen LogP contribution is 2.43. The average molecular weight is 270 g/mol. The molecular formula is C16H18N2S. The molecule has 2 aliphatic rings. The molecule has 0 aliphatic heterocycles. The molecule has 4 rings (SSSR count). The van der Waals surface area contributed by atoms with E-state index >= 15 is 0 Å². The van der Waals surface area contributed by atoms with Gasteiger partial charge in [0.25, 0.3) is 0 Å². The van der Waals surface area contributed by atoms with Crippen LogP contribution >= 0.6 is 11.3 Å². The summed E-state index contributed by atoms with van der Waals surface area (Å²) in [5, 5.41) is 4.76. The summed E-state index contributed by atoms with van der Waals surface area (Å²) in [4.78, 5) is 4.50. The summed E-state index contributed by atoms with van der Waals surface area (Å²) < 4.78 is 1.29. The molecule has 1 aromatic carbocycles. The van der Waals surface area contributed by atoms with Crippen molar-refractivity contribution < 1.29 is 0 Å². The SMILES string of the molecule is Cc1nc2ccc(NCC3CC4C=CC3C4)cc2s1. The number of allylic oxidation sites excluding steroid dienone is 2. The molecular weight excluding hydrogens is 252 g/mol. The maximum atomic E-state index is 4.50. The van der Waals surface area contributed by atoms with Crippen molar-refractivity contribution >= 4 is 27.2 Å². The predicted octanol–water partition coefficient (Wildman–Crippen LogP) is 4.23. The van der Waals surface area contributed by atoms with E-state index in [2.05, 4.69) is 47.6 Å². The Hall–Kier alpha value is -1.35. The van der Waals surface area contributed by atoms with Gasteiger partial charge < -0.3 is 5.32 Å².